The monoisotopic (exact) mass is 210 g/mol. The van der Waals surface area contributed by atoms with Gasteiger partial charge in [0.25, 0.3) is 0 Å². The van der Waals surface area contributed by atoms with Gasteiger partial charge in [0.05, 0.1) is 5.54 Å². The van der Waals surface area contributed by atoms with Crippen LogP contribution in [-0.4, -0.2) is 10.9 Å². The maximum absolute atomic E-state index is 11.2. The number of thiazole rings is 1. The van der Waals surface area contributed by atoms with Crippen LogP contribution in [-0.2, 0) is 10.3 Å². The summed E-state index contributed by atoms with van der Waals surface area (Å²) >= 11 is 1.55. The second kappa shape index (κ2) is 3.92. The third kappa shape index (κ3) is 2.42. The Balaban J connectivity index is 2.84. The van der Waals surface area contributed by atoms with Crippen molar-refractivity contribution >= 4 is 17.2 Å². The zero-order chi connectivity index (χ0) is 10.8. The van der Waals surface area contributed by atoms with Crippen LogP contribution in [0.25, 0.3) is 0 Å². The molecule has 4 heteroatoms. The molecule has 1 aromatic heterocycles. The predicted molar refractivity (Wildman–Crippen MR) is 58.2 cm³/mol. The first-order chi connectivity index (χ1) is 6.45. The Morgan fingerprint density at radius 2 is 2.36 bits per heavy atom. The molecule has 14 heavy (non-hydrogen) atoms. The Kier molecular flexibility index (Phi) is 3.06. The highest BCUT2D eigenvalue weighted by Gasteiger charge is 2.24. The predicted octanol–water partition coefficient (Wildman–Crippen LogP) is 1.99. The molecule has 0 aromatic carbocycles. The molecule has 0 aliphatic heterocycles. The highest BCUT2D eigenvalue weighted by molar-refractivity contribution is 7.09. The Hall–Kier alpha value is -1.16. The smallest absolute Gasteiger partial charge is 0.244 e. The number of nitrogens with zero attached hydrogens (tertiary/aromatic N) is 1. The zero-order valence-corrected chi connectivity index (χ0v) is 9.44. The molecule has 1 N–H and O–H groups in total. The Labute approximate surface area is 87.9 Å². The molecule has 0 spiro atoms. The number of hydrogen-bond donors (Lipinski definition) is 1. The van der Waals surface area contributed by atoms with Crippen molar-refractivity contribution in [1.29, 1.82) is 0 Å². The van der Waals surface area contributed by atoms with Crippen molar-refractivity contribution in [3.8, 4) is 0 Å². The van der Waals surface area contributed by atoms with Crippen LogP contribution in [0.2, 0.25) is 0 Å². The van der Waals surface area contributed by atoms with E-state index < -0.39 is 5.54 Å². The summed E-state index contributed by atoms with van der Waals surface area (Å²) in [6, 6.07) is 0. The van der Waals surface area contributed by atoms with Gasteiger partial charge in [0, 0.05) is 11.1 Å². The van der Waals surface area contributed by atoms with E-state index in [2.05, 4.69) is 16.9 Å². The van der Waals surface area contributed by atoms with Crippen molar-refractivity contribution in [2.75, 3.05) is 0 Å². The van der Waals surface area contributed by atoms with E-state index in [1.165, 1.54) is 6.08 Å². The largest absolute Gasteiger partial charge is 0.341 e. The fourth-order valence-corrected chi connectivity index (χ4v) is 1.93. The molecule has 0 bridgehead atoms. The lowest BCUT2D eigenvalue weighted by molar-refractivity contribution is -0.118. The molecule has 1 rings (SSSR count). The van der Waals surface area contributed by atoms with Gasteiger partial charge in [-0.15, -0.1) is 11.3 Å². The highest BCUT2D eigenvalue weighted by Crippen LogP contribution is 2.23. The molecule has 0 fully saturated rings. The average molecular weight is 210 g/mol. The molecular formula is C10H14N2OS. The molecular weight excluding hydrogens is 196 g/mol. The lowest BCUT2D eigenvalue weighted by atomic mass is 10.1. The summed E-state index contributed by atoms with van der Waals surface area (Å²) in [4.78, 5) is 15.5. The molecule has 0 saturated carbocycles. The van der Waals surface area contributed by atoms with Crippen LogP contribution < -0.4 is 5.32 Å². The molecule has 0 radical (unpaired) electrons. The van der Waals surface area contributed by atoms with Crippen LogP contribution >= 0.6 is 11.3 Å². The molecule has 1 heterocycles. The van der Waals surface area contributed by atoms with E-state index in [1.54, 1.807) is 11.3 Å². The third-order valence-electron chi connectivity index (χ3n) is 1.77. The van der Waals surface area contributed by atoms with Gasteiger partial charge in [0.15, 0.2) is 0 Å². The minimum atomic E-state index is -0.426. The van der Waals surface area contributed by atoms with E-state index in [1.807, 2.05) is 26.2 Å². The van der Waals surface area contributed by atoms with Crippen LogP contribution in [0.4, 0.5) is 0 Å². The van der Waals surface area contributed by atoms with Crippen molar-refractivity contribution in [2.24, 2.45) is 0 Å². The summed E-state index contributed by atoms with van der Waals surface area (Å²) in [5.74, 6) is -0.178. The summed E-state index contributed by atoms with van der Waals surface area (Å²) in [5.41, 5.74) is 0.551. The molecule has 0 unspecified atom stereocenters. The van der Waals surface area contributed by atoms with E-state index in [4.69, 9.17) is 0 Å². The molecule has 1 aromatic rings. The van der Waals surface area contributed by atoms with E-state index in [9.17, 15) is 4.79 Å². The van der Waals surface area contributed by atoms with Crippen LogP contribution in [0.5, 0.6) is 0 Å². The number of amides is 1. The SMILES string of the molecule is C=CC(=O)NC(C)(C)c1nc(C)cs1. The van der Waals surface area contributed by atoms with E-state index in [0.717, 1.165) is 10.7 Å². The van der Waals surface area contributed by atoms with Gasteiger partial charge in [0.2, 0.25) is 5.91 Å². The van der Waals surface area contributed by atoms with Gasteiger partial charge < -0.3 is 5.32 Å². The van der Waals surface area contributed by atoms with E-state index in [0.29, 0.717) is 0 Å². The van der Waals surface area contributed by atoms with Gasteiger partial charge in [-0.1, -0.05) is 6.58 Å². The molecule has 76 valence electrons. The number of aromatic nitrogens is 1. The van der Waals surface area contributed by atoms with Crippen molar-refractivity contribution < 1.29 is 4.79 Å². The van der Waals surface area contributed by atoms with Crippen molar-refractivity contribution in [3.63, 3.8) is 0 Å². The van der Waals surface area contributed by atoms with Crippen LogP contribution in [0.15, 0.2) is 18.0 Å². The summed E-state index contributed by atoms with van der Waals surface area (Å²) in [5, 5.41) is 5.70. The first-order valence-electron chi connectivity index (χ1n) is 4.33. The van der Waals surface area contributed by atoms with Crippen LogP contribution in [0.1, 0.15) is 24.5 Å². The standard InChI is InChI=1S/C10H14N2OS/c1-5-8(13)12-10(3,4)9-11-7(2)6-14-9/h5-6H,1H2,2-4H3,(H,12,13). The lowest BCUT2D eigenvalue weighted by Crippen LogP contribution is -2.39. The van der Waals surface area contributed by atoms with Gasteiger partial charge in [-0.3, -0.25) is 4.79 Å². The number of rotatable bonds is 3. The van der Waals surface area contributed by atoms with Gasteiger partial charge in [-0.05, 0) is 26.8 Å². The minimum absolute atomic E-state index is 0.178. The van der Waals surface area contributed by atoms with Gasteiger partial charge in [-0.25, -0.2) is 4.98 Å². The molecule has 0 atom stereocenters. The number of carbonyl (C=O) groups excluding carboxylic acids is 1. The van der Waals surface area contributed by atoms with Gasteiger partial charge in [-0.2, -0.15) is 0 Å². The molecule has 1 amide bonds. The topological polar surface area (TPSA) is 42.0 Å². The first-order valence-corrected chi connectivity index (χ1v) is 5.21. The summed E-state index contributed by atoms with van der Waals surface area (Å²) < 4.78 is 0. The number of carbonyl (C=O) groups is 1. The van der Waals surface area contributed by atoms with Crippen LogP contribution in [0.3, 0.4) is 0 Å². The molecule has 3 nitrogen and oxygen atoms in total. The average Bonchev–Trinajstić information content (AvgIpc) is 2.51. The van der Waals surface area contributed by atoms with Crippen molar-refractivity contribution in [2.45, 2.75) is 26.3 Å². The summed E-state index contributed by atoms with van der Waals surface area (Å²) in [7, 11) is 0. The quantitative estimate of drug-likeness (QED) is 0.775. The number of hydrogen-bond acceptors (Lipinski definition) is 3. The minimum Gasteiger partial charge on any atom is -0.341 e. The first kappa shape index (κ1) is 10.9. The van der Waals surface area contributed by atoms with Crippen molar-refractivity contribution in [1.82, 2.24) is 10.3 Å². The second-order valence-corrected chi connectivity index (χ2v) is 4.47. The summed E-state index contributed by atoms with van der Waals surface area (Å²) in [6.45, 7) is 9.20. The third-order valence-corrected chi connectivity index (χ3v) is 3.06. The fourth-order valence-electron chi connectivity index (χ4n) is 1.05. The molecule has 0 aliphatic rings. The molecule has 0 aliphatic carbocycles. The van der Waals surface area contributed by atoms with E-state index >= 15 is 0 Å². The lowest BCUT2D eigenvalue weighted by Gasteiger charge is -2.22. The normalized spacial score (nSPS) is 11.1. The van der Waals surface area contributed by atoms with Crippen molar-refractivity contribution in [3.05, 3.63) is 28.7 Å². The summed E-state index contributed by atoms with van der Waals surface area (Å²) in [6.07, 6.45) is 1.27. The number of aryl methyl sites for hydroxylation is 1. The van der Waals surface area contributed by atoms with E-state index in [-0.39, 0.29) is 5.91 Å². The maximum atomic E-state index is 11.2. The Bertz CT molecular complexity index is 355. The fraction of sp³-hybridized carbons (Fsp3) is 0.400. The van der Waals surface area contributed by atoms with Gasteiger partial charge >= 0.3 is 0 Å². The second-order valence-electron chi connectivity index (χ2n) is 3.61. The Morgan fingerprint density at radius 3 is 2.79 bits per heavy atom. The maximum Gasteiger partial charge on any atom is 0.244 e. The highest BCUT2D eigenvalue weighted by atomic mass is 32.1. The molecule has 0 saturated heterocycles. The van der Waals surface area contributed by atoms with Gasteiger partial charge in [0.1, 0.15) is 5.01 Å². The number of nitrogens with one attached hydrogen (secondary N) is 1. The zero-order valence-electron chi connectivity index (χ0n) is 8.63. The Morgan fingerprint density at radius 1 is 1.71 bits per heavy atom. The van der Waals surface area contributed by atoms with Crippen LogP contribution in [0, 0.1) is 6.92 Å².